The molecule has 104 valence electrons. The van der Waals surface area contributed by atoms with E-state index in [2.05, 4.69) is 4.98 Å². The molecule has 0 saturated carbocycles. The second-order valence-electron chi connectivity index (χ2n) is 3.88. The first-order valence-electron chi connectivity index (χ1n) is 5.83. The van der Waals surface area contributed by atoms with Crippen molar-refractivity contribution < 1.29 is 28.6 Å². The van der Waals surface area contributed by atoms with Crippen LogP contribution in [-0.4, -0.2) is 54.4 Å². The highest BCUT2D eigenvalue weighted by Crippen LogP contribution is 2.17. The van der Waals surface area contributed by atoms with Crippen molar-refractivity contribution in [3.63, 3.8) is 0 Å². The van der Waals surface area contributed by atoms with Crippen molar-refractivity contribution in [2.24, 2.45) is 0 Å². The van der Waals surface area contributed by atoms with E-state index in [0.717, 1.165) is 0 Å². The van der Waals surface area contributed by atoms with E-state index in [1.54, 1.807) is 11.8 Å². The maximum Gasteiger partial charge on any atom is 0.360 e. The highest BCUT2D eigenvalue weighted by molar-refractivity contribution is 5.87. The van der Waals surface area contributed by atoms with Gasteiger partial charge in [-0.25, -0.2) is 9.59 Å². The molecule has 8 nitrogen and oxygen atoms in total. The number of hydrogen-bond acceptors (Lipinski definition) is 7. The molecule has 1 saturated heterocycles. The predicted molar refractivity (Wildman–Crippen MR) is 62.0 cm³/mol. The van der Waals surface area contributed by atoms with Gasteiger partial charge in [-0.05, 0) is 6.92 Å². The van der Waals surface area contributed by atoms with Gasteiger partial charge in [0.1, 0.15) is 6.26 Å². The Hall–Kier alpha value is -2.09. The van der Waals surface area contributed by atoms with Gasteiger partial charge >= 0.3 is 11.9 Å². The largest absolute Gasteiger partial charge is 0.479 e. The summed E-state index contributed by atoms with van der Waals surface area (Å²) in [5, 5.41) is 8.89. The Morgan fingerprint density at radius 3 is 3.11 bits per heavy atom. The number of carbonyl (C=O) groups is 2. The Kier molecular flexibility index (Phi) is 4.00. The number of carboxylic acids is 1. The minimum Gasteiger partial charge on any atom is -0.479 e. The van der Waals surface area contributed by atoms with Crippen molar-refractivity contribution in [2.45, 2.75) is 13.0 Å². The maximum atomic E-state index is 11.4. The van der Waals surface area contributed by atoms with Gasteiger partial charge in [-0.15, -0.1) is 0 Å². The van der Waals surface area contributed by atoms with Crippen LogP contribution >= 0.6 is 0 Å². The number of carboxylic acid groups (broad SMARTS) is 1. The first-order chi connectivity index (χ1) is 9.11. The number of nitrogens with zero attached hydrogens (tertiary/aromatic N) is 2. The number of carbonyl (C=O) groups excluding carboxylic acids is 1. The van der Waals surface area contributed by atoms with Crippen LogP contribution in [0.5, 0.6) is 0 Å². The number of hydrogen-bond donors (Lipinski definition) is 1. The zero-order valence-corrected chi connectivity index (χ0v) is 10.4. The lowest BCUT2D eigenvalue weighted by Crippen LogP contribution is -2.46. The van der Waals surface area contributed by atoms with Crippen LogP contribution in [0.3, 0.4) is 0 Å². The zero-order valence-electron chi connectivity index (χ0n) is 10.4. The average molecular weight is 270 g/mol. The van der Waals surface area contributed by atoms with Crippen LogP contribution in [0.1, 0.15) is 17.4 Å². The van der Waals surface area contributed by atoms with E-state index in [9.17, 15) is 9.59 Å². The molecule has 1 aliphatic rings. The topological polar surface area (TPSA) is 102 Å². The number of esters is 1. The van der Waals surface area contributed by atoms with Gasteiger partial charge in [-0.2, -0.15) is 4.98 Å². The molecule has 2 heterocycles. The smallest absolute Gasteiger partial charge is 0.360 e. The van der Waals surface area contributed by atoms with Crippen LogP contribution in [0.15, 0.2) is 10.7 Å². The van der Waals surface area contributed by atoms with Crippen molar-refractivity contribution in [1.82, 2.24) is 4.98 Å². The van der Waals surface area contributed by atoms with Gasteiger partial charge in [-0.1, -0.05) is 0 Å². The van der Waals surface area contributed by atoms with Gasteiger partial charge in [-0.3, -0.25) is 0 Å². The third kappa shape index (κ3) is 3.02. The lowest BCUT2D eigenvalue weighted by molar-refractivity contribution is -0.150. The number of aliphatic carboxylic acids is 1. The van der Waals surface area contributed by atoms with Gasteiger partial charge < -0.3 is 23.9 Å². The van der Waals surface area contributed by atoms with Crippen LogP contribution in [0.2, 0.25) is 0 Å². The van der Waals surface area contributed by atoms with Gasteiger partial charge in [0.2, 0.25) is 0 Å². The highest BCUT2D eigenvalue weighted by Gasteiger charge is 2.29. The fraction of sp³-hybridized carbons (Fsp3) is 0.545. The monoisotopic (exact) mass is 270 g/mol. The minimum absolute atomic E-state index is 0.0650. The van der Waals surface area contributed by atoms with Crippen LogP contribution in [-0.2, 0) is 14.3 Å². The van der Waals surface area contributed by atoms with Gasteiger partial charge in [0.05, 0.1) is 19.8 Å². The molecule has 0 radical (unpaired) electrons. The molecule has 1 aromatic heterocycles. The van der Waals surface area contributed by atoms with Crippen molar-refractivity contribution >= 4 is 18.0 Å². The van der Waals surface area contributed by atoms with E-state index in [1.165, 1.54) is 6.26 Å². The Balaban J connectivity index is 2.05. The lowest BCUT2D eigenvalue weighted by Gasteiger charge is -2.29. The molecule has 0 aliphatic carbocycles. The fourth-order valence-corrected chi connectivity index (χ4v) is 1.68. The molecule has 0 spiro atoms. The quantitative estimate of drug-likeness (QED) is 0.771. The molecule has 1 unspecified atom stereocenters. The van der Waals surface area contributed by atoms with E-state index in [1.807, 2.05) is 0 Å². The number of anilines is 1. The Morgan fingerprint density at radius 2 is 2.42 bits per heavy atom. The summed E-state index contributed by atoms with van der Waals surface area (Å²) < 4.78 is 15.0. The molecule has 2 rings (SSSR count). The molecule has 1 N–H and O–H groups in total. The van der Waals surface area contributed by atoms with Crippen LogP contribution < -0.4 is 4.90 Å². The molecule has 1 atom stereocenters. The normalized spacial score (nSPS) is 19.2. The number of ether oxygens (including phenoxy) is 2. The Morgan fingerprint density at radius 1 is 1.63 bits per heavy atom. The zero-order chi connectivity index (χ0) is 13.8. The number of rotatable bonds is 4. The summed E-state index contributed by atoms with van der Waals surface area (Å²) in [4.78, 5) is 27.9. The first kappa shape index (κ1) is 13.3. The molecule has 19 heavy (non-hydrogen) atoms. The van der Waals surface area contributed by atoms with E-state index in [4.69, 9.17) is 19.0 Å². The summed E-state index contributed by atoms with van der Waals surface area (Å²) in [6.07, 6.45) is 0.269. The third-order valence-corrected chi connectivity index (χ3v) is 2.59. The van der Waals surface area contributed by atoms with Crippen LogP contribution in [0, 0.1) is 0 Å². The molecule has 1 aliphatic heterocycles. The fourth-order valence-electron chi connectivity index (χ4n) is 1.68. The summed E-state index contributed by atoms with van der Waals surface area (Å²) >= 11 is 0. The van der Waals surface area contributed by atoms with Gasteiger partial charge in [0.15, 0.2) is 11.8 Å². The maximum absolute atomic E-state index is 11.4. The number of morpholine rings is 1. The summed E-state index contributed by atoms with van der Waals surface area (Å²) in [5.74, 6) is -1.61. The molecule has 0 aromatic carbocycles. The molecular formula is C11H14N2O6. The predicted octanol–water partition coefficient (Wildman–Crippen LogP) is 0.141. The molecular weight excluding hydrogens is 256 g/mol. The minimum atomic E-state index is -1.04. The van der Waals surface area contributed by atoms with Crippen molar-refractivity contribution in [3.8, 4) is 0 Å². The van der Waals surface area contributed by atoms with Gasteiger partial charge in [0.25, 0.3) is 6.01 Å². The van der Waals surface area contributed by atoms with Gasteiger partial charge in [0, 0.05) is 6.54 Å². The number of oxazole rings is 1. The number of aromatic nitrogens is 1. The second kappa shape index (κ2) is 5.70. The summed E-state index contributed by atoms with van der Waals surface area (Å²) in [5.41, 5.74) is 0.0650. The van der Waals surface area contributed by atoms with E-state index < -0.39 is 18.0 Å². The van der Waals surface area contributed by atoms with Crippen molar-refractivity contribution in [3.05, 3.63) is 12.0 Å². The summed E-state index contributed by atoms with van der Waals surface area (Å²) in [6, 6.07) is 0.192. The third-order valence-electron chi connectivity index (χ3n) is 2.59. The summed E-state index contributed by atoms with van der Waals surface area (Å²) in [7, 11) is 0. The van der Waals surface area contributed by atoms with Crippen molar-refractivity contribution in [2.75, 3.05) is 31.2 Å². The lowest BCUT2D eigenvalue weighted by atomic mass is 10.3. The Labute approximate surface area is 108 Å². The molecule has 1 aromatic rings. The summed E-state index contributed by atoms with van der Waals surface area (Å²) in [6.45, 7) is 2.77. The van der Waals surface area contributed by atoms with Crippen LogP contribution in [0.25, 0.3) is 0 Å². The first-order valence-corrected chi connectivity index (χ1v) is 5.83. The van der Waals surface area contributed by atoms with E-state index in [0.29, 0.717) is 6.54 Å². The Bertz CT molecular complexity index is 472. The van der Waals surface area contributed by atoms with Crippen molar-refractivity contribution in [1.29, 1.82) is 0 Å². The SMILES string of the molecule is CCOC(=O)c1coc(N2CCOC(C(=O)O)C2)n1. The molecule has 8 heteroatoms. The average Bonchev–Trinajstić information content (AvgIpc) is 2.89. The standard InChI is InChI=1S/C11H14N2O6/c1-2-17-10(16)7-6-19-11(12-7)13-3-4-18-8(5-13)9(14)15/h6,8H,2-5H2,1H3,(H,14,15). The highest BCUT2D eigenvalue weighted by atomic mass is 16.5. The van der Waals surface area contributed by atoms with Crippen LogP contribution in [0.4, 0.5) is 6.01 Å². The van der Waals surface area contributed by atoms with E-state index in [-0.39, 0.29) is 31.5 Å². The molecule has 0 bridgehead atoms. The molecule has 0 amide bonds. The van der Waals surface area contributed by atoms with E-state index >= 15 is 0 Å². The second-order valence-corrected chi connectivity index (χ2v) is 3.88. The molecule has 1 fully saturated rings.